The molecule has 0 spiro atoms. The predicted molar refractivity (Wildman–Crippen MR) is 71.2 cm³/mol. The van der Waals surface area contributed by atoms with Crippen molar-refractivity contribution in [1.29, 1.82) is 0 Å². The Balaban J connectivity index is 1.68. The van der Waals surface area contributed by atoms with E-state index in [0.29, 0.717) is 18.0 Å². The van der Waals surface area contributed by atoms with Crippen LogP contribution in [0.1, 0.15) is 36.3 Å². The number of carbonyl (C=O) groups is 2. The Hall–Kier alpha value is -1.43. The molecule has 0 aliphatic heterocycles. The maximum atomic E-state index is 12.1. The molecule has 0 bridgehead atoms. The number of nitrogens with one attached hydrogen (secondary N) is 1. The number of rotatable bonds is 3. The monoisotopic (exact) mass is 280 g/mol. The van der Waals surface area contributed by atoms with Crippen LogP contribution in [0.25, 0.3) is 0 Å². The van der Waals surface area contributed by atoms with Gasteiger partial charge >= 0.3 is 5.97 Å². The summed E-state index contributed by atoms with van der Waals surface area (Å²) in [6, 6.07) is 0. The Labute approximate surface area is 115 Å². The first-order chi connectivity index (χ1) is 9.15. The number of nitrogens with zero attached hydrogens (tertiary/aromatic N) is 1. The van der Waals surface area contributed by atoms with E-state index in [1.807, 2.05) is 0 Å². The highest BCUT2D eigenvalue weighted by Crippen LogP contribution is 2.34. The topological polar surface area (TPSA) is 79.3 Å². The molecule has 3 rings (SSSR count). The average Bonchev–Trinajstić information content (AvgIpc) is 3.01. The molecule has 2 aliphatic carbocycles. The molecule has 1 aromatic rings. The van der Waals surface area contributed by atoms with Gasteiger partial charge in [0.15, 0.2) is 5.13 Å². The van der Waals surface area contributed by atoms with Gasteiger partial charge in [0.05, 0.1) is 17.5 Å². The van der Waals surface area contributed by atoms with Crippen molar-refractivity contribution in [1.82, 2.24) is 4.98 Å². The number of hydrogen-bond donors (Lipinski definition) is 2. The van der Waals surface area contributed by atoms with Crippen LogP contribution in [-0.2, 0) is 22.4 Å². The van der Waals surface area contributed by atoms with Crippen LogP contribution in [-0.4, -0.2) is 22.0 Å². The molecule has 2 atom stereocenters. The van der Waals surface area contributed by atoms with Crippen molar-refractivity contribution in [3.63, 3.8) is 0 Å². The van der Waals surface area contributed by atoms with Gasteiger partial charge in [-0.25, -0.2) is 4.98 Å². The van der Waals surface area contributed by atoms with Gasteiger partial charge in [-0.2, -0.15) is 0 Å². The summed E-state index contributed by atoms with van der Waals surface area (Å²) in [5.41, 5.74) is 1.10. The van der Waals surface area contributed by atoms with E-state index < -0.39 is 17.8 Å². The predicted octanol–water partition coefficient (Wildman–Crippen LogP) is 2.07. The minimum atomic E-state index is -0.862. The van der Waals surface area contributed by atoms with Gasteiger partial charge in [-0.15, -0.1) is 11.3 Å². The van der Waals surface area contributed by atoms with Crippen LogP contribution < -0.4 is 5.32 Å². The molecule has 0 radical (unpaired) electrons. The standard InChI is InChI=1S/C13H16N2O3S/c16-11(7-3-1-4-8(7)12(17)18)15-13-14-9-5-2-6-10(9)19-13/h7-8H,1-6H2,(H,17,18)(H,14,15,16)/t7-,8+/m1/s1. The Morgan fingerprint density at radius 2 is 2.00 bits per heavy atom. The van der Waals surface area contributed by atoms with E-state index in [-0.39, 0.29) is 5.91 Å². The summed E-state index contributed by atoms with van der Waals surface area (Å²) in [7, 11) is 0. The summed E-state index contributed by atoms with van der Waals surface area (Å²) in [6.07, 6.45) is 5.25. The maximum absolute atomic E-state index is 12.1. The first-order valence-corrected chi connectivity index (χ1v) is 7.49. The van der Waals surface area contributed by atoms with Gasteiger partial charge in [0, 0.05) is 4.88 Å². The van der Waals surface area contributed by atoms with Gasteiger partial charge in [0.25, 0.3) is 0 Å². The van der Waals surface area contributed by atoms with Crippen LogP contribution >= 0.6 is 11.3 Å². The molecule has 102 valence electrons. The molecule has 0 unspecified atom stereocenters. The molecule has 1 heterocycles. The first-order valence-electron chi connectivity index (χ1n) is 6.67. The highest BCUT2D eigenvalue weighted by molar-refractivity contribution is 7.15. The van der Waals surface area contributed by atoms with E-state index in [4.69, 9.17) is 5.11 Å². The number of aromatic nitrogens is 1. The van der Waals surface area contributed by atoms with Gasteiger partial charge in [0.2, 0.25) is 5.91 Å². The summed E-state index contributed by atoms with van der Waals surface area (Å²) >= 11 is 1.53. The lowest BCUT2D eigenvalue weighted by Crippen LogP contribution is -2.29. The van der Waals surface area contributed by atoms with E-state index in [0.717, 1.165) is 31.4 Å². The zero-order valence-electron chi connectivity index (χ0n) is 10.5. The van der Waals surface area contributed by atoms with Crippen LogP contribution in [0.15, 0.2) is 0 Å². The second-order valence-corrected chi connectivity index (χ2v) is 6.30. The number of thiazole rings is 1. The van der Waals surface area contributed by atoms with Gasteiger partial charge in [-0.3, -0.25) is 9.59 Å². The lowest BCUT2D eigenvalue weighted by molar-refractivity contribution is -0.145. The molecule has 1 saturated carbocycles. The summed E-state index contributed by atoms with van der Waals surface area (Å²) < 4.78 is 0. The third kappa shape index (κ3) is 2.36. The van der Waals surface area contributed by atoms with Crippen molar-refractivity contribution >= 4 is 28.3 Å². The van der Waals surface area contributed by atoms with Crippen LogP contribution in [0.2, 0.25) is 0 Å². The van der Waals surface area contributed by atoms with Gasteiger partial charge in [0.1, 0.15) is 0 Å². The molecule has 6 heteroatoms. The van der Waals surface area contributed by atoms with Crippen molar-refractivity contribution in [3.05, 3.63) is 10.6 Å². The maximum Gasteiger partial charge on any atom is 0.307 e. The number of carbonyl (C=O) groups excluding carboxylic acids is 1. The molecule has 1 aromatic heterocycles. The molecule has 2 N–H and O–H groups in total. The van der Waals surface area contributed by atoms with E-state index in [9.17, 15) is 9.59 Å². The smallest absolute Gasteiger partial charge is 0.307 e. The van der Waals surface area contributed by atoms with Gasteiger partial charge in [-0.05, 0) is 32.1 Å². The number of aliphatic carboxylic acids is 1. The summed E-state index contributed by atoms with van der Waals surface area (Å²) in [4.78, 5) is 28.9. The van der Waals surface area contributed by atoms with E-state index in [1.54, 1.807) is 0 Å². The average molecular weight is 280 g/mol. The number of carboxylic acid groups (broad SMARTS) is 1. The van der Waals surface area contributed by atoms with Crippen molar-refractivity contribution in [2.75, 3.05) is 5.32 Å². The lowest BCUT2D eigenvalue weighted by atomic mass is 9.95. The summed E-state index contributed by atoms with van der Waals surface area (Å²) in [5, 5.41) is 12.5. The van der Waals surface area contributed by atoms with Crippen molar-refractivity contribution in [2.45, 2.75) is 38.5 Å². The Bertz CT molecular complexity index is 504. The Morgan fingerprint density at radius 3 is 2.74 bits per heavy atom. The number of fused-ring (bicyclic) bond motifs is 1. The van der Waals surface area contributed by atoms with E-state index in [1.165, 1.54) is 16.2 Å². The Kier molecular flexibility index (Phi) is 3.26. The molecule has 19 heavy (non-hydrogen) atoms. The fraction of sp³-hybridized carbons (Fsp3) is 0.615. The Morgan fingerprint density at radius 1 is 1.21 bits per heavy atom. The van der Waals surface area contributed by atoms with Crippen LogP contribution in [0.5, 0.6) is 0 Å². The second-order valence-electron chi connectivity index (χ2n) is 5.21. The molecule has 0 saturated heterocycles. The molecule has 0 aromatic carbocycles. The third-order valence-corrected chi connectivity index (χ3v) is 5.07. The fourth-order valence-corrected chi connectivity index (χ4v) is 4.06. The SMILES string of the molecule is O=C(O)[C@H]1CCC[C@H]1C(=O)Nc1nc2c(s1)CCC2. The van der Waals surface area contributed by atoms with Crippen molar-refractivity contribution in [3.8, 4) is 0 Å². The van der Waals surface area contributed by atoms with Crippen LogP contribution in [0.3, 0.4) is 0 Å². The summed E-state index contributed by atoms with van der Waals surface area (Å²) in [5.74, 6) is -1.99. The molecule has 1 fully saturated rings. The number of carboxylic acids is 1. The normalized spacial score (nSPS) is 25.3. The first kappa shape index (κ1) is 12.6. The fourth-order valence-electron chi connectivity index (χ4n) is 3.01. The number of aryl methyl sites for hydroxylation is 2. The largest absolute Gasteiger partial charge is 0.481 e. The molecule has 1 amide bonds. The molecular weight excluding hydrogens is 264 g/mol. The zero-order chi connectivity index (χ0) is 13.4. The summed E-state index contributed by atoms with van der Waals surface area (Å²) in [6.45, 7) is 0. The number of amides is 1. The third-order valence-electron chi connectivity index (χ3n) is 4.00. The zero-order valence-corrected chi connectivity index (χ0v) is 11.3. The van der Waals surface area contributed by atoms with Crippen molar-refractivity contribution < 1.29 is 14.7 Å². The minimum Gasteiger partial charge on any atom is -0.481 e. The van der Waals surface area contributed by atoms with Crippen molar-refractivity contribution in [2.24, 2.45) is 11.8 Å². The molecule has 2 aliphatic rings. The quantitative estimate of drug-likeness (QED) is 0.888. The van der Waals surface area contributed by atoms with Crippen LogP contribution in [0, 0.1) is 11.8 Å². The van der Waals surface area contributed by atoms with E-state index in [2.05, 4.69) is 10.3 Å². The van der Waals surface area contributed by atoms with Gasteiger partial charge in [-0.1, -0.05) is 6.42 Å². The molecular formula is C13H16N2O3S. The van der Waals surface area contributed by atoms with Gasteiger partial charge < -0.3 is 10.4 Å². The highest BCUT2D eigenvalue weighted by atomic mass is 32.1. The lowest BCUT2D eigenvalue weighted by Gasteiger charge is -2.14. The minimum absolute atomic E-state index is 0.183. The number of hydrogen-bond acceptors (Lipinski definition) is 4. The molecule has 5 nitrogen and oxygen atoms in total. The van der Waals surface area contributed by atoms with Crippen LogP contribution in [0.4, 0.5) is 5.13 Å². The highest BCUT2D eigenvalue weighted by Gasteiger charge is 2.38. The van der Waals surface area contributed by atoms with E-state index >= 15 is 0 Å². The number of anilines is 1. The second kappa shape index (κ2) is 4.92.